The second-order valence-corrected chi connectivity index (χ2v) is 5.35. The first-order chi connectivity index (χ1) is 8.15. The van der Waals surface area contributed by atoms with Crippen LogP contribution in [-0.4, -0.2) is 25.3 Å². The highest BCUT2D eigenvalue weighted by atomic mass is 79.9. The van der Waals surface area contributed by atoms with Crippen LogP contribution < -0.4 is 10.1 Å². The average molecular weight is 300 g/mol. The monoisotopic (exact) mass is 299 g/mol. The Hall–Kier alpha value is -0.740. The molecule has 17 heavy (non-hydrogen) atoms. The third kappa shape index (κ3) is 2.43. The van der Waals surface area contributed by atoms with E-state index in [1.807, 2.05) is 0 Å². The van der Waals surface area contributed by atoms with E-state index in [4.69, 9.17) is 4.74 Å². The minimum Gasteiger partial charge on any atom is -0.504 e. The first-order valence-electron chi connectivity index (χ1n) is 5.91. The van der Waals surface area contributed by atoms with Gasteiger partial charge in [0.1, 0.15) is 0 Å². The molecule has 94 valence electrons. The molecule has 0 bridgehead atoms. The van der Waals surface area contributed by atoms with E-state index < -0.39 is 0 Å². The zero-order chi connectivity index (χ0) is 12.4. The van der Waals surface area contributed by atoms with Crippen molar-refractivity contribution in [1.82, 2.24) is 5.32 Å². The number of rotatable bonds is 2. The van der Waals surface area contributed by atoms with E-state index in [0.717, 1.165) is 35.1 Å². The molecule has 1 aliphatic heterocycles. The molecule has 3 nitrogen and oxygen atoms in total. The van der Waals surface area contributed by atoms with Gasteiger partial charge in [-0.3, -0.25) is 0 Å². The van der Waals surface area contributed by atoms with Crippen molar-refractivity contribution in [2.45, 2.75) is 25.7 Å². The molecule has 1 aromatic carbocycles. The molecule has 0 saturated carbocycles. The summed E-state index contributed by atoms with van der Waals surface area (Å²) in [6, 6.07) is 1.70. The second-order valence-electron chi connectivity index (χ2n) is 4.49. The number of piperidine rings is 1. The van der Waals surface area contributed by atoms with Gasteiger partial charge in [0.25, 0.3) is 0 Å². The number of aromatic hydroxyl groups is 1. The van der Waals surface area contributed by atoms with Gasteiger partial charge in [-0.15, -0.1) is 0 Å². The fourth-order valence-corrected chi connectivity index (χ4v) is 2.97. The minimum absolute atomic E-state index is 0.213. The molecule has 2 N–H and O–H groups in total. The molecule has 0 amide bonds. The molecule has 0 radical (unpaired) electrons. The molecular weight excluding hydrogens is 282 g/mol. The molecule has 0 spiro atoms. The van der Waals surface area contributed by atoms with Crippen molar-refractivity contribution in [3.63, 3.8) is 0 Å². The average Bonchev–Trinajstić information content (AvgIpc) is 2.34. The largest absolute Gasteiger partial charge is 0.504 e. The van der Waals surface area contributed by atoms with Crippen LogP contribution in [0.4, 0.5) is 0 Å². The lowest BCUT2D eigenvalue weighted by molar-refractivity contribution is 0.358. The molecule has 1 saturated heterocycles. The first-order valence-corrected chi connectivity index (χ1v) is 6.71. The molecule has 2 rings (SSSR count). The van der Waals surface area contributed by atoms with Crippen LogP contribution in [0.5, 0.6) is 11.5 Å². The van der Waals surface area contributed by atoms with Gasteiger partial charge in [-0.2, -0.15) is 0 Å². The van der Waals surface area contributed by atoms with Gasteiger partial charge in [0.15, 0.2) is 11.5 Å². The number of nitrogens with one attached hydrogen (secondary N) is 1. The van der Waals surface area contributed by atoms with Crippen molar-refractivity contribution in [2.24, 2.45) is 0 Å². The molecule has 0 aliphatic carbocycles. The Morgan fingerprint density at radius 3 is 2.88 bits per heavy atom. The summed E-state index contributed by atoms with van der Waals surface area (Å²) < 4.78 is 6.31. The Morgan fingerprint density at radius 1 is 1.53 bits per heavy atom. The van der Waals surface area contributed by atoms with E-state index in [1.54, 1.807) is 13.2 Å². The van der Waals surface area contributed by atoms with E-state index in [2.05, 4.69) is 28.2 Å². The van der Waals surface area contributed by atoms with Gasteiger partial charge in [-0.1, -0.05) is 15.9 Å². The van der Waals surface area contributed by atoms with Crippen LogP contribution in [0.25, 0.3) is 0 Å². The maximum atomic E-state index is 9.95. The highest BCUT2D eigenvalue weighted by Gasteiger charge is 2.24. The molecule has 1 heterocycles. The number of ether oxygens (including phenoxy) is 1. The van der Waals surface area contributed by atoms with Crippen molar-refractivity contribution in [3.8, 4) is 11.5 Å². The molecule has 0 aromatic heterocycles. The molecular formula is C13H18BrNO2. The summed E-state index contributed by atoms with van der Waals surface area (Å²) in [6.07, 6.45) is 2.31. The lowest BCUT2D eigenvalue weighted by atomic mass is 9.88. The smallest absolute Gasteiger partial charge is 0.164 e. The normalized spacial score (nSPS) is 20.3. The Labute approximate surface area is 110 Å². The summed E-state index contributed by atoms with van der Waals surface area (Å²) >= 11 is 3.49. The van der Waals surface area contributed by atoms with Crippen LogP contribution in [0.1, 0.15) is 29.9 Å². The predicted octanol–water partition coefficient (Wildman–Crippen LogP) is 2.94. The topological polar surface area (TPSA) is 41.5 Å². The lowest BCUT2D eigenvalue weighted by Crippen LogP contribution is -2.29. The number of hydrogen-bond donors (Lipinski definition) is 2. The zero-order valence-electron chi connectivity index (χ0n) is 10.2. The maximum absolute atomic E-state index is 9.95. The first kappa shape index (κ1) is 12.7. The van der Waals surface area contributed by atoms with Gasteiger partial charge >= 0.3 is 0 Å². The van der Waals surface area contributed by atoms with Gasteiger partial charge in [-0.05, 0) is 37.9 Å². The van der Waals surface area contributed by atoms with Crippen LogP contribution in [0, 0.1) is 6.92 Å². The van der Waals surface area contributed by atoms with Crippen LogP contribution in [0.15, 0.2) is 10.5 Å². The number of hydrogen-bond acceptors (Lipinski definition) is 3. The van der Waals surface area contributed by atoms with Crippen molar-refractivity contribution in [1.29, 1.82) is 0 Å². The highest BCUT2D eigenvalue weighted by molar-refractivity contribution is 9.10. The van der Waals surface area contributed by atoms with Crippen LogP contribution >= 0.6 is 15.9 Å². The van der Waals surface area contributed by atoms with Crippen molar-refractivity contribution >= 4 is 15.9 Å². The predicted molar refractivity (Wildman–Crippen MR) is 71.9 cm³/mol. The van der Waals surface area contributed by atoms with Gasteiger partial charge in [-0.25, -0.2) is 0 Å². The van der Waals surface area contributed by atoms with Crippen LogP contribution in [0.3, 0.4) is 0 Å². The maximum Gasteiger partial charge on any atom is 0.164 e. The fraction of sp³-hybridized carbons (Fsp3) is 0.538. The summed E-state index contributed by atoms with van der Waals surface area (Å²) in [5.41, 5.74) is 2.29. The summed E-state index contributed by atoms with van der Waals surface area (Å²) in [7, 11) is 1.61. The fourth-order valence-electron chi connectivity index (χ4n) is 2.54. The van der Waals surface area contributed by atoms with Gasteiger partial charge in [0.2, 0.25) is 0 Å². The Balaban J connectivity index is 2.48. The number of phenols is 1. The summed E-state index contributed by atoms with van der Waals surface area (Å²) in [5.74, 6) is 1.26. The Kier molecular flexibility index (Phi) is 3.94. The minimum atomic E-state index is 0.213. The molecule has 1 aliphatic rings. The quantitative estimate of drug-likeness (QED) is 0.882. The van der Waals surface area contributed by atoms with Crippen molar-refractivity contribution in [2.75, 3.05) is 20.2 Å². The van der Waals surface area contributed by atoms with Crippen LogP contribution in [-0.2, 0) is 0 Å². The van der Waals surface area contributed by atoms with Gasteiger partial charge in [0, 0.05) is 22.5 Å². The van der Waals surface area contributed by atoms with E-state index >= 15 is 0 Å². The molecule has 1 unspecified atom stereocenters. The standard InChI is InChI=1S/C13H18BrNO2/c1-8-10(14)6-11(16)13(17-2)12(8)9-4-3-5-15-7-9/h6,9,15-16H,3-5,7H2,1-2H3. The third-order valence-corrected chi connectivity index (χ3v) is 4.24. The Bertz CT molecular complexity index is 414. The van der Waals surface area contributed by atoms with E-state index in [1.165, 1.54) is 6.42 Å². The van der Waals surface area contributed by atoms with E-state index in [-0.39, 0.29) is 5.75 Å². The van der Waals surface area contributed by atoms with Crippen molar-refractivity contribution < 1.29 is 9.84 Å². The summed E-state index contributed by atoms with van der Waals surface area (Å²) in [5, 5.41) is 13.4. The number of benzene rings is 1. The molecule has 1 fully saturated rings. The van der Waals surface area contributed by atoms with E-state index in [0.29, 0.717) is 11.7 Å². The van der Waals surface area contributed by atoms with E-state index in [9.17, 15) is 5.11 Å². The van der Waals surface area contributed by atoms with Crippen LogP contribution in [0.2, 0.25) is 0 Å². The third-order valence-electron chi connectivity index (χ3n) is 3.41. The molecule has 1 aromatic rings. The SMILES string of the molecule is COc1c(O)cc(Br)c(C)c1C1CCCNC1. The molecule has 4 heteroatoms. The summed E-state index contributed by atoms with van der Waals surface area (Å²) in [6.45, 7) is 4.10. The number of phenolic OH excluding ortho intramolecular Hbond substituents is 1. The summed E-state index contributed by atoms with van der Waals surface area (Å²) in [4.78, 5) is 0. The lowest BCUT2D eigenvalue weighted by Gasteiger charge is -2.27. The van der Waals surface area contributed by atoms with Crippen molar-refractivity contribution in [3.05, 3.63) is 21.7 Å². The number of methoxy groups -OCH3 is 1. The molecule has 1 atom stereocenters. The zero-order valence-corrected chi connectivity index (χ0v) is 11.8. The van der Waals surface area contributed by atoms with Gasteiger partial charge in [0.05, 0.1) is 7.11 Å². The second kappa shape index (κ2) is 5.27. The number of halogens is 1. The van der Waals surface area contributed by atoms with Gasteiger partial charge < -0.3 is 15.2 Å². The highest BCUT2D eigenvalue weighted by Crippen LogP contribution is 2.42. The Morgan fingerprint density at radius 2 is 2.29 bits per heavy atom.